The molecule has 1 atom stereocenters. The van der Waals surface area contributed by atoms with E-state index in [4.69, 9.17) is 0 Å². The molecule has 0 saturated carbocycles. The van der Waals surface area contributed by atoms with Crippen LogP contribution in [0, 0.1) is 5.41 Å². The molecule has 1 rings (SSSR count). The largest absolute Gasteiger partial charge is 0.393 e. The molecule has 96 valence electrons. The standard InChI is InChI=1S/C14H24N2O/c1-5-16(11-14(3,4)12(2)17)10-13-8-6-7-9-15-13/h6-9,12,17H,5,10-11H2,1-4H3. The number of pyridine rings is 1. The fraction of sp³-hybridized carbons (Fsp3) is 0.643. The molecule has 1 unspecified atom stereocenters. The average Bonchev–Trinajstić information content (AvgIpc) is 2.29. The van der Waals surface area contributed by atoms with Gasteiger partial charge < -0.3 is 5.11 Å². The van der Waals surface area contributed by atoms with Crippen molar-refractivity contribution in [1.29, 1.82) is 0 Å². The Bertz CT molecular complexity index is 322. The molecule has 0 fully saturated rings. The zero-order chi connectivity index (χ0) is 12.9. The van der Waals surface area contributed by atoms with Gasteiger partial charge in [-0.1, -0.05) is 26.8 Å². The molecule has 0 amide bonds. The molecule has 1 aromatic rings. The molecule has 0 aromatic carbocycles. The van der Waals surface area contributed by atoms with E-state index < -0.39 is 0 Å². The van der Waals surface area contributed by atoms with Crippen LogP contribution in [0.1, 0.15) is 33.4 Å². The van der Waals surface area contributed by atoms with E-state index in [2.05, 4.69) is 30.7 Å². The van der Waals surface area contributed by atoms with Gasteiger partial charge in [-0.3, -0.25) is 9.88 Å². The maximum Gasteiger partial charge on any atom is 0.0575 e. The molecule has 17 heavy (non-hydrogen) atoms. The highest BCUT2D eigenvalue weighted by Gasteiger charge is 2.26. The molecule has 0 aliphatic heterocycles. The van der Waals surface area contributed by atoms with Crippen LogP contribution in [0.5, 0.6) is 0 Å². The summed E-state index contributed by atoms with van der Waals surface area (Å²) in [6.45, 7) is 10.9. The van der Waals surface area contributed by atoms with Crippen molar-refractivity contribution in [1.82, 2.24) is 9.88 Å². The quantitative estimate of drug-likeness (QED) is 0.823. The van der Waals surface area contributed by atoms with Gasteiger partial charge in [0.1, 0.15) is 0 Å². The lowest BCUT2D eigenvalue weighted by molar-refractivity contribution is 0.0334. The first-order valence-corrected chi connectivity index (χ1v) is 6.26. The van der Waals surface area contributed by atoms with E-state index in [-0.39, 0.29) is 11.5 Å². The van der Waals surface area contributed by atoms with Gasteiger partial charge in [0.15, 0.2) is 0 Å². The Morgan fingerprint density at radius 1 is 1.41 bits per heavy atom. The minimum Gasteiger partial charge on any atom is -0.393 e. The van der Waals surface area contributed by atoms with Gasteiger partial charge in [0.2, 0.25) is 0 Å². The number of nitrogens with zero attached hydrogens (tertiary/aromatic N) is 2. The number of aliphatic hydroxyl groups is 1. The predicted molar refractivity (Wildman–Crippen MR) is 70.6 cm³/mol. The number of hydrogen-bond acceptors (Lipinski definition) is 3. The van der Waals surface area contributed by atoms with Crippen LogP contribution in [0.2, 0.25) is 0 Å². The first-order chi connectivity index (χ1) is 7.95. The van der Waals surface area contributed by atoms with Crippen molar-refractivity contribution in [3.8, 4) is 0 Å². The number of hydrogen-bond donors (Lipinski definition) is 1. The zero-order valence-corrected chi connectivity index (χ0v) is 11.3. The smallest absolute Gasteiger partial charge is 0.0575 e. The third-order valence-electron chi connectivity index (χ3n) is 3.32. The van der Waals surface area contributed by atoms with Gasteiger partial charge in [-0.05, 0) is 25.6 Å². The average molecular weight is 236 g/mol. The molecule has 3 nitrogen and oxygen atoms in total. The fourth-order valence-electron chi connectivity index (χ4n) is 1.71. The second kappa shape index (κ2) is 6.12. The first kappa shape index (κ1) is 14.1. The first-order valence-electron chi connectivity index (χ1n) is 6.26. The molecule has 0 aliphatic rings. The highest BCUT2D eigenvalue weighted by molar-refractivity contribution is 5.03. The van der Waals surface area contributed by atoms with E-state index in [0.29, 0.717) is 0 Å². The summed E-state index contributed by atoms with van der Waals surface area (Å²) >= 11 is 0. The topological polar surface area (TPSA) is 36.4 Å². The van der Waals surface area contributed by atoms with Crippen LogP contribution in [0.4, 0.5) is 0 Å². The monoisotopic (exact) mass is 236 g/mol. The van der Waals surface area contributed by atoms with Gasteiger partial charge in [0.05, 0.1) is 11.8 Å². The highest BCUT2D eigenvalue weighted by atomic mass is 16.3. The van der Waals surface area contributed by atoms with Crippen molar-refractivity contribution in [2.75, 3.05) is 13.1 Å². The Hall–Kier alpha value is -0.930. The lowest BCUT2D eigenvalue weighted by Crippen LogP contribution is -2.40. The molecule has 3 heteroatoms. The summed E-state index contributed by atoms with van der Waals surface area (Å²) < 4.78 is 0. The van der Waals surface area contributed by atoms with Crippen LogP contribution in [-0.2, 0) is 6.54 Å². The van der Waals surface area contributed by atoms with E-state index >= 15 is 0 Å². The van der Waals surface area contributed by atoms with Crippen LogP contribution in [-0.4, -0.2) is 34.2 Å². The van der Waals surface area contributed by atoms with Gasteiger partial charge in [-0.15, -0.1) is 0 Å². The van der Waals surface area contributed by atoms with Crippen LogP contribution < -0.4 is 0 Å². The summed E-state index contributed by atoms with van der Waals surface area (Å²) in [5.41, 5.74) is 0.987. The van der Waals surface area contributed by atoms with Gasteiger partial charge in [0, 0.05) is 24.7 Å². The Kier molecular flexibility index (Phi) is 5.09. The molecule has 1 N–H and O–H groups in total. The Morgan fingerprint density at radius 3 is 2.59 bits per heavy atom. The molecule has 0 aliphatic carbocycles. The SMILES string of the molecule is CCN(Cc1ccccn1)CC(C)(C)C(C)O. The van der Waals surface area contributed by atoms with Gasteiger partial charge in [-0.2, -0.15) is 0 Å². The predicted octanol–water partition coefficient (Wildman–Crippen LogP) is 2.31. The van der Waals surface area contributed by atoms with Crippen LogP contribution in [0.15, 0.2) is 24.4 Å². The molecule has 0 bridgehead atoms. The Labute approximate surface area is 104 Å². The third-order valence-corrected chi connectivity index (χ3v) is 3.32. The maximum atomic E-state index is 9.75. The third kappa shape index (κ3) is 4.44. The van der Waals surface area contributed by atoms with Gasteiger partial charge in [-0.25, -0.2) is 0 Å². The summed E-state index contributed by atoms with van der Waals surface area (Å²) in [7, 11) is 0. The summed E-state index contributed by atoms with van der Waals surface area (Å²) in [5, 5.41) is 9.75. The number of rotatable bonds is 6. The van der Waals surface area contributed by atoms with E-state index in [9.17, 15) is 5.11 Å². The summed E-state index contributed by atoms with van der Waals surface area (Å²) in [5.74, 6) is 0. The second-order valence-electron chi connectivity index (χ2n) is 5.29. The van der Waals surface area contributed by atoms with E-state index in [1.807, 2.05) is 31.3 Å². The molecule has 0 radical (unpaired) electrons. The Balaban J connectivity index is 2.61. The van der Waals surface area contributed by atoms with Crippen molar-refractivity contribution >= 4 is 0 Å². The van der Waals surface area contributed by atoms with Gasteiger partial charge >= 0.3 is 0 Å². The van der Waals surface area contributed by atoms with Crippen LogP contribution >= 0.6 is 0 Å². The number of aromatic nitrogens is 1. The van der Waals surface area contributed by atoms with Crippen molar-refractivity contribution in [3.05, 3.63) is 30.1 Å². The lowest BCUT2D eigenvalue weighted by Gasteiger charge is -2.34. The van der Waals surface area contributed by atoms with Gasteiger partial charge in [0.25, 0.3) is 0 Å². The summed E-state index contributed by atoms with van der Waals surface area (Å²) in [4.78, 5) is 6.65. The van der Waals surface area contributed by atoms with E-state index in [1.54, 1.807) is 0 Å². The molecule has 1 aromatic heterocycles. The zero-order valence-electron chi connectivity index (χ0n) is 11.3. The second-order valence-corrected chi connectivity index (χ2v) is 5.29. The van der Waals surface area contributed by atoms with Crippen molar-refractivity contribution in [2.45, 2.75) is 40.3 Å². The molecular weight excluding hydrogens is 212 g/mol. The summed E-state index contributed by atoms with van der Waals surface area (Å²) in [6.07, 6.45) is 1.52. The van der Waals surface area contributed by atoms with E-state index in [0.717, 1.165) is 25.3 Å². The van der Waals surface area contributed by atoms with E-state index in [1.165, 1.54) is 0 Å². The molecule has 0 spiro atoms. The lowest BCUT2D eigenvalue weighted by atomic mass is 9.87. The van der Waals surface area contributed by atoms with Crippen LogP contribution in [0.25, 0.3) is 0 Å². The highest BCUT2D eigenvalue weighted by Crippen LogP contribution is 2.22. The van der Waals surface area contributed by atoms with Crippen molar-refractivity contribution in [2.24, 2.45) is 5.41 Å². The normalized spacial score (nSPS) is 14.0. The molecular formula is C14H24N2O. The minimum atomic E-state index is -0.305. The van der Waals surface area contributed by atoms with Crippen LogP contribution in [0.3, 0.4) is 0 Å². The maximum absolute atomic E-state index is 9.75. The Morgan fingerprint density at radius 2 is 2.12 bits per heavy atom. The molecule has 1 heterocycles. The minimum absolute atomic E-state index is 0.0925. The fourth-order valence-corrected chi connectivity index (χ4v) is 1.71. The van der Waals surface area contributed by atoms with Crippen molar-refractivity contribution in [3.63, 3.8) is 0 Å². The number of aliphatic hydroxyl groups excluding tert-OH is 1. The summed E-state index contributed by atoms with van der Waals surface area (Å²) in [6, 6.07) is 5.98. The molecule has 0 saturated heterocycles. The van der Waals surface area contributed by atoms with Crippen molar-refractivity contribution < 1.29 is 5.11 Å².